The fourth-order valence-corrected chi connectivity index (χ4v) is 4.00. The number of halogens is 1. The molecule has 3 aromatic rings. The Kier molecular flexibility index (Phi) is 5.75. The SMILES string of the molecule is CC(CN1C(=O)c2ccccc2C1C(=O)Nc1ccc(C#N)cc1)c1ccc(Cl)cc1. The Morgan fingerprint density at radius 1 is 1.10 bits per heavy atom. The Hall–Kier alpha value is -3.62. The minimum Gasteiger partial charge on any atom is -0.324 e. The maximum atomic E-state index is 13.3. The summed E-state index contributed by atoms with van der Waals surface area (Å²) in [4.78, 5) is 28.0. The molecule has 2 amide bonds. The molecule has 0 fully saturated rings. The van der Waals surface area contributed by atoms with Gasteiger partial charge in [-0.15, -0.1) is 0 Å². The van der Waals surface area contributed by atoms with Gasteiger partial charge in [-0.05, 0) is 59.5 Å². The van der Waals surface area contributed by atoms with Crippen LogP contribution in [0.5, 0.6) is 0 Å². The summed E-state index contributed by atoms with van der Waals surface area (Å²) in [5, 5.41) is 12.5. The van der Waals surface area contributed by atoms with Gasteiger partial charge in [0, 0.05) is 22.8 Å². The molecule has 2 unspecified atom stereocenters. The number of rotatable bonds is 5. The van der Waals surface area contributed by atoms with Gasteiger partial charge in [0.15, 0.2) is 0 Å². The summed E-state index contributed by atoms with van der Waals surface area (Å²) in [7, 11) is 0. The number of hydrogen-bond acceptors (Lipinski definition) is 3. The number of anilines is 1. The highest BCUT2D eigenvalue weighted by Gasteiger charge is 2.41. The van der Waals surface area contributed by atoms with Crippen LogP contribution < -0.4 is 5.32 Å². The van der Waals surface area contributed by atoms with Crippen LogP contribution in [0.2, 0.25) is 5.02 Å². The monoisotopic (exact) mass is 429 g/mol. The summed E-state index contributed by atoms with van der Waals surface area (Å²) in [5.41, 5.74) is 3.37. The lowest BCUT2D eigenvalue weighted by Crippen LogP contribution is -2.37. The molecule has 0 aromatic heterocycles. The summed E-state index contributed by atoms with van der Waals surface area (Å²) >= 11 is 6.00. The summed E-state index contributed by atoms with van der Waals surface area (Å²) in [6.07, 6.45) is 0. The van der Waals surface area contributed by atoms with Crippen LogP contribution in [0.3, 0.4) is 0 Å². The van der Waals surface area contributed by atoms with Crippen LogP contribution in [0.4, 0.5) is 5.69 Å². The molecule has 5 nitrogen and oxygen atoms in total. The van der Waals surface area contributed by atoms with Crippen molar-refractivity contribution in [3.05, 3.63) is 100 Å². The van der Waals surface area contributed by atoms with E-state index in [2.05, 4.69) is 11.4 Å². The zero-order valence-electron chi connectivity index (χ0n) is 16.9. The molecule has 0 spiro atoms. The standard InChI is InChI=1S/C25H20ClN3O2/c1-16(18-8-10-19(26)11-9-18)15-29-23(21-4-2-3-5-22(21)25(29)31)24(30)28-20-12-6-17(14-27)7-13-20/h2-13,16,23H,15H2,1H3,(H,28,30). The largest absolute Gasteiger partial charge is 0.324 e. The van der Waals surface area contributed by atoms with Crippen LogP contribution in [0.25, 0.3) is 0 Å². The highest BCUT2D eigenvalue weighted by atomic mass is 35.5. The summed E-state index contributed by atoms with van der Waals surface area (Å²) in [6, 6.07) is 22.7. The number of nitriles is 1. The van der Waals surface area contributed by atoms with E-state index >= 15 is 0 Å². The summed E-state index contributed by atoms with van der Waals surface area (Å²) in [6.45, 7) is 2.41. The first kappa shape index (κ1) is 20.6. The topological polar surface area (TPSA) is 73.2 Å². The third-order valence-electron chi connectivity index (χ3n) is 5.50. The van der Waals surface area contributed by atoms with E-state index in [1.54, 1.807) is 41.3 Å². The Labute approximate surface area is 185 Å². The first-order valence-electron chi connectivity index (χ1n) is 9.94. The van der Waals surface area contributed by atoms with Crippen molar-refractivity contribution in [2.75, 3.05) is 11.9 Å². The van der Waals surface area contributed by atoms with Gasteiger partial charge in [-0.3, -0.25) is 9.59 Å². The van der Waals surface area contributed by atoms with Gasteiger partial charge in [0.05, 0.1) is 11.6 Å². The number of nitrogens with one attached hydrogen (secondary N) is 1. The lowest BCUT2D eigenvalue weighted by atomic mass is 9.99. The fraction of sp³-hybridized carbons (Fsp3) is 0.160. The van der Waals surface area contributed by atoms with Gasteiger partial charge < -0.3 is 10.2 Å². The smallest absolute Gasteiger partial charge is 0.255 e. The average molecular weight is 430 g/mol. The van der Waals surface area contributed by atoms with Crippen molar-refractivity contribution in [1.29, 1.82) is 5.26 Å². The van der Waals surface area contributed by atoms with Gasteiger partial charge in [0.2, 0.25) is 0 Å². The van der Waals surface area contributed by atoms with Crippen molar-refractivity contribution in [2.45, 2.75) is 18.9 Å². The Morgan fingerprint density at radius 2 is 1.77 bits per heavy atom. The predicted octanol–water partition coefficient (Wildman–Crippen LogP) is 5.15. The minimum atomic E-state index is -0.728. The molecule has 3 aromatic carbocycles. The van der Waals surface area contributed by atoms with Crippen molar-refractivity contribution in [3.8, 4) is 6.07 Å². The van der Waals surface area contributed by atoms with Gasteiger partial charge >= 0.3 is 0 Å². The van der Waals surface area contributed by atoms with Crippen LogP contribution in [-0.4, -0.2) is 23.3 Å². The second-order valence-corrected chi connectivity index (χ2v) is 8.01. The Morgan fingerprint density at radius 3 is 2.45 bits per heavy atom. The number of carbonyl (C=O) groups excluding carboxylic acids is 2. The number of nitrogens with zero attached hydrogens (tertiary/aromatic N) is 2. The van der Waals surface area contributed by atoms with Gasteiger partial charge in [0.1, 0.15) is 6.04 Å². The van der Waals surface area contributed by atoms with Crippen LogP contribution in [0, 0.1) is 11.3 Å². The van der Waals surface area contributed by atoms with Gasteiger partial charge in [0.25, 0.3) is 11.8 Å². The van der Waals surface area contributed by atoms with Crippen molar-refractivity contribution in [1.82, 2.24) is 4.90 Å². The molecule has 4 rings (SSSR count). The number of amides is 2. The summed E-state index contributed by atoms with van der Waals surface area (Å²) < 4.78 is 0. The van der Waals surface area contributed by atoms with E-state index in [1.807, 2.05) is 43.3 Å². The van der Waals surface area contributed by atoms with Crippen LogP contribution in [0.1, 0.15) is 45.9 Å². The quantitative estimate of drug-likeness (QED) is 0.609. The zero-order valence-corrected chi connectivity index (χ0v) is 17.6. The lowest BCUT2D eigenvalue weighted by Gasteiger charge is -2.27. The van der Waals surface area contributed by atoms with E-state index in [4.69, 9.17) is 16.9 Å². The minimum absolute atomic E-state index is 0.0146. The third kappa shape index (κ3) is 4.16. The molecule has 2 atom stereocenters. The molecule has 1 aliphatic heterocycles. The van der Waals surface area contributed by atoms with E-state index in [-0.39, 0.29) is 17.7 Å². The van der Waals surface area contributed by atoms with Crippen molar-refractivity contribution >= 4 is 29.1 Å². The first-order valence-corrected chi connectivity index (χ1v) is 10.3. The number of benzene rings is 3. The molecule has 0 saturated carbocycles. The van der Waals surface area contributed by atoms with E-state index < -0.39 is 6.04 Å². The molecule has 0 aliphatic carbocycles. The zero-order chi connectivity index (χ0) is 22.0. The van der Waals surface area contributed by atoms with Crippen molar-refractivity contribution in [3.63, 3.8) is 0 Å². The van der Waals surface area contributed by atoms with E-state index in [1.165, 1.54) is 0 Å². The second-order valence-electron chi connectivity index (χ2n) is 7.58. The Bertz CT molecular complexity index is 1170. The van der Waals surface area contributed by atoms with Gasteiger partial charge in [-0.2, -0.15) is 5.26 Å². The van der Waals surface area contributed by atoms with E-state index in [0.717, 1.165) is 5.56 Å². The molecule has 1 heterocycles. The number of fused-ring (bicyclic) bond motifs is 1. The normalized spacial score (nSPS) is 15.8. The molecule has 6 heteroatoms. The molecule has 31 heavy (non-hydrogen) atoms. The maximum Gasteiger partial charge on any atom is 0.255 e. The summed E-state index contributed by atoms with van der Waals surface area (Å²) in [5.74, 6) is -0.427. The third-order valence-corrected chi connectivity index (χ3v) is 5.75. The molecule has 0 bridgehead atoms. The molecule has 0 radical (unpaired) electrons. The van der Waals surface area contributed by atoms with Crippen LogP contribution >= 0.6 is 11.6 Å². The van der Waals surface area contributed by atoms with E-state index in [9.17, 15) is 9.59 Å². The van der Waals surface area contributed by atoms with Crippen molar-refractivity contribution < 1.29 is 9.59 Å². The second kappa shape index (κ2) is 8.63. The Balaban J connectivity index is 1.61. The number of carbonyl (C=O) groups is 2. The number of hydrogen-bond donors (Lipinski definition) is 1. The maximum absolute atomic E-state index is 13.3. The highest BCUT2D eigenvalue weighted by Crippen LogP contribution is 2.36. The molecule has 1 aliphatic rings. The molecule has 0 saturated heterocycles. The van der Waals surface area contributed by atoms with E-state index in [0.29, 0.717) is 33.9 Å². The molecule has 1 N–H and O–H groups in total. The lowest BCUT2D eigenvalue weighted by molar-refractivity contribution is -0.120. The van der Waals surface area contributed by atoms with Gasteiger partial charge in [-0.1, -0.05) is 48.9 Å². The fourth-order valence-electron chi connectivity index (χ4n) is 3.87. The molecular weight excluding hydrogens is 410 g/mol. The van der Waals surface area contributed by atoms with Crippen LogP contribution in [0.15, 0.2) is 72.8 Å². The first-order chi connectivity index (χ1) is 15.0. The predicted molar refractivity (Wildman–Crippen MR) is 120 cm³/mol. The van der Waals surface area contributed by atoms with Crippen LogP contribution in [-0.2, 0) is 4.79 Å². The van der Waals surface area contributed by atoms with Gasteiger partial charge in [-0.25, -0.2) is 0 Å². The van der Waals surface area contributed by atoms with Crippen molar-refractivity contribution in [2.24, 2.45) is 0 Å². The molecular formula is C25H20ClN3O2. The highest BCUT2D eigenvalue weighted by molar-refractivity contribution is 6.30. The average Bonchev–Trinajstić information content (AvgIpc) is 3.06. The molecule has 154 valence electrons.